The number of esters is 1. The van der Waals surface area contributed by atoms with Crippen LogP contribution in [0.3, 0.4) is 0 Å². The van der Waals surface area contributed by atoms with Crippen molar-refractivity contribution >= 4 is 5.97 Å². The Kier molecular flexibility index (Phi) is 11.2. The van der Waals surface area contributed by atoms with Crippen LogP contribution in [0.25, 0.3) is 0 Å². The minimum absolute atomic E-state index is 0. The summed E-state index contributed by atoms with van der Waals surface area (Å²) in [4.78, 5) is 10.3. The molecule has 0 aromatic heterocycles. The van der Waals surface area contributed by atoms with Gasteiger partial charge in [-0.25, -0.2) is 0 Å². The van der Waals surface area contributed by atoms with Gasteiger partial charge in [-0.3, -0.25) is 4.79 Å². The van der Waals surface area contributed by atoms with Crippen LogP contribution in [-0.4, -0.2) is 13.1 Å². The van der Waals surface area contributed by atoms with Gasteiger partial charge in [0.25, 0.3) is 0 Å². The zero-order chi connectivity index (χ0) is 6.41. The Hall–Kier alpha value is 0.353. The van der Waals surface area contributed by atoms with Crippen LogP contribution in [0.15, 0.2) is 0 Å². The van der Waals surface area contributed by atoms with Crippen molar-refractivity contribution in [2.45, 2.75) is 26.2 Å². The van der Waals surface area contributed by atoms with E-state index in [-0.39, 0.29) is 32.2 Å². The summed E-state index contributed by atoms with van der Waals surface area (Å²) in [5.74, 6) is -0.105. The zero-order valence-electron chi connectivity index (χ0n) is 5.94. The number of methoxy groups -OCH3 is 1. The maximum absolute atomic E-state index is 10.3. The molecule has 3 heteroatoms. The summed E-state index contributed by atoms with van der Waals surface area (Å²) in [7, 11) is 1.41. The summed E-state index contributed by atoms with van der Waals surface area (Å²) in [6.45, 7) is 2.04. The molecule has 0 atom stereocenters. The number of rotatable bonds is 3. The Balaban J connectivity index is 0. The molecule has 0 saturated carbocycles. The van der Waals surface area contributed by atoms with Crippen molar-refractivity contribution < 1.29 is 35.7 Å². The van der Waals surface area contributed by atoms with Gasteiger partial charge < -0.3 is 4.74 Å². The molecule has 2 nitrogen and oxygen atoms in total. The van der Waals surface area contributed by atoms with Crippen molar-refractivity contribution in [3.05, 3.63) is 0 Å². The number of hydrogen-bond donors (Lipinski definition) is 0. The normalized spacial score (nSPS) is 7.78. The van der Waals surface area contributed by atoms with Crippen molar-refractivity contribution in [2.24, 2.45) is 0 Å². The summed E-state index contributed by atoms with van der Waals surface area (Å²) >= 11 is 0. The molecule has 0 amide bonds. The zero-order valence-corrected chi connectivity index (χ0v) is 8.40. The van der Waals surface area contributed by atoms with Crippen molar-refractivity contribution in [1.82, 2.24) is 0 Å². The second kappa shape index (κ2) is 8.35. The SMILES string of the molecule is CCCCC(=O)OC.[Zr]. The first-order valence-electron chi connectivity index (χ1n) is 2.88. The molecule has 0 heterocycles. The Morgan fingerprint density at radius 3 is 2.44 bits per heavy atom. The van der Waals surface area contributed by atoms with E-state index in [1.165, 1.54) is 7.11 Å². The number of unbranched alkanes of at least 4 members (excludes halogenated alkanes) is 1. The van der Waals surface area contributed by atoms with E-state index in [9.17, 15) is 4.79 Å². The molecule has 0 aliphatic heterocycles. The summed E-state index contributed by atoms with van der Waals surface area (Å²) in [5.41, 5.74) is 0. The van der Waals surface area contributed by atoms with Crippen LogP contribution in [0.1, 0.15) is 26.2 Å². The first-order valence-corrected chi connectivity index (χ1v) is 2.88. The molecular formula is C6H12O2Zr. The molecule has 0 rings (SSSR count). The molecule has 52 valence electrons. The fourth-order valence-corrected chi connectivity index (χ4v) is 0.423. The van der Waals surface area contributed by atoms with E-state index in [1.54, 1.807) is 0 Å². The molecular weight excluding hydrogens is 195 g/mol. The fraction of sp³-hybridized carbons (Fsp3) is 0.833. The van der Waals surface area contributed by atoms with E-state index in [2.05, 4.69) is 4.74 Å². The van der Waals surface area contributed by atoms with Gasteiger partial charge in [0.15, 0.2) is 0 Å². The van der Waals surface area contributed by atoms with Gasteiger partial charge in [-0.05, 0) is 6.42 Å². The molecule has 0 saturated heterocycles. The summed E-state index contributed by atoms with van der Waals surface area (Å²) < 4.78 is 4.41. The molecule has 0 unspecified atom stereocenters. The van der Waals surface area contributed by atoms with E-state index in [0.717, 1.165) is 12.8 Å². The van der Waals surface area contributed by atoms with Crippen molar-refractivity contribution in [1.29, 1.82) is 0 Å². The van der Waals surface area contributed by atoms with E-state index in [0.29, 0.717) is 6.42 Å². The van der Waals surface area contributed by atoms with E-state index in [4.69, 9.17) is 0 Å². The first-order chi connectivity index (χ1) is 3.81. The van der Waals surface area contributed by atoms with Crippen molar-refractivity contribution in [3.63, 3.8) is 0 Å². The van der Waals surface area contributed by atoms with Crippen LogP contribution < -0.4 is 0 Å². The Labute approximate surface area is 75.1 Å². The van der Waals surface area contributed by atoms with Crippen LogP contribution in [0.4, 0.5) is 0 Å². The van der Waals surface area contributed by atoms with E-state index in [1.807, 2.05) is 6.92 Å². The predicted molar refractivity (Wildman–Crippen MR) is 31.5 cm³/mol. The maximum atomic E-state index is 10.3. The summed E-state index contributed by atoms with van der Waals surface area (Å²) in [6, 6.07) is 0. The second-order valence-electron chi connectivity index (χ2n) is 1.68. The Morgan fingerprint density at radius 2 is 2.11 bits per heavy atom. The quantitative estimate of drug-likeness (QED) is 0.653. The van der Waals surface area contributed by atoms with Gasteiger partial charge in [-0.15, -0.1) is 0 Å². The largest absolute Gasteiger partial charge is 0.469 e. The number of carbonyl (C=O) groups excluding carboxylic acids is 1. The van der Waals surface area contributed by atoms with Gasteiger partial charge in [0.05, 0.1) is 7.11 Å². The molecule has 0 aliphatic rings. The Bertz CT molecular complexity index is 73.5. The van der Waals surface area contributed by atoms with Crippen LogP contribution in [-0.2, 0) is 35.7 Å². The van der Waals surface area contributed by atoms with Gasteiger partial charge in [0.2, 0.25) is 0 Å². The van der Waals surface area contributed by atoms with Crippen LogP contribution in [0.5, 0.6) is 0 Å². The third-order valence-electron chi connectivity index (χ3n) is 0.962. The van der Waals surface area contributed by atoms with Crippen LogP contribution in [0, 0.1) is 0 Å². The summed E-state index contributed by atoms with van der Waals surface area (Å²) in [5, 5.41) is 0. The van der Waals surface area contributed by atoms with E-state index < -0.39 is 0 Å². The molecule has 0 aromatic carbocycles. The molecule has 0 aliphatic carbocycles. The Morgan fingerprint density at radius 1 is 1.56 bits per heavy atom. The number of carbonyl (C=O) groups is 1. The molecule has 0 spiro atoms. The van der Waals surface area contributed by atoms with Gasteiger partial charge in [0.1, 0.15) is 0 Å². The van der Waals surface area contributed by atoms with Crippen LogP contribution in [0.2, 0.25) is 0 Å². The molecule has 0 fully saturated rings. The van der Waals surface area contributed by atoms with E-state index >= 15 is 0 Å². The fourth-order valence-electron chi connectivity index (χ4n) is 0.423. The molecule has 0 aromatic rings. The molecule has 0 radical (unpaired) electrons. The van der Waals surface area contributed by atoms with Crippen LogP contribution >= 0.6 is 0 Å². The smallest absolute Gasteiger partial charge is 0.305 e. The third-order valence-corrected chi connectivity index (χ3v) is 0.962. The standard InChI is InChI=1S/C6H12O2.Zr/c1-3-4-5-6(7)8-2;/h3-5H2,1-2H3;. The molecule has 9 heavy (non-hydrogen) atoms. The number of ether oxygens (including phenoxy) is 1. The van der Waals surface area contributed by atoms with Gasteiger partial charge in [-0.1, -0.05) is 13.3 Å². The number of hydrogen-bond acceptors (Lipinski definition) is 2. The topological polar surface area (TPSA) is 26.3 Å². The average molecular weight is 207 g/mol. The minimum Gasteiger partial charge on any atom is -0.469 e. The minimum atomic E-state index is -0.105. The van der Waals surface area contributed by atoms with Gasteiger partial charge in [0, 0.05) is 32.6 Å². The first kappa shape index (κ1) is 12.1. The molecule has 0 bridgehead atoms. The van der Waals surface area contributed by atoms with Gasteiger partial charge in [-0.2, -0.15) is 0 Å². The predicted octanol–water partition coefficient (Wildman–Crippen LogP) is 1.35. The van der Waals surface area contributed by atoms with Crippen molar-refractivity contribution in [3.8, 4) is 0 Å². The monoisotopic (exact) mass is 206 g/mol. The van der Waals surface area contributed by atoms with Crippen molar-refractivity contribution in [2.75, 3.05) is 7.11 Å². The molecule has 0 N–H and O–H groups in total. The van der Waals surface area contributed by atoms with Gasteiger partial charge >= 0.3 is 5.97 Å². The second-order valence-corrected chi connectivity index (χ2v) is 1.68. The third kappa shape index (κ3) is 8.35. The summed E-state index contributed by atoms with van der Waals surface area (Å²) in [6.07, 6.45) is 2.55. The maximum Gasteiger partial charge on any atom is 0.305 e. The average Bonchev–Trinajstić information content (AvgIpc) is 1.83.